The lowest BCUT2D eigenvalue weighted by atomic mass is 10.1. The molecule has 1 heterocycles. The van der Waals surface area contributed by atoms with Crippen molar-refractivity contribution in [3.05, 3.63) is 41.8 Å². The van der Waals surface area contributed by atoms with Crippen LogP contribution in [0.25, 0.3) is 0 Å². The van der Waals surface area contributed by atoms with Crippen LogP contribution in [0.4, 0.5) is 0 Å². The number of nitrogens with zero attached hydrogens (tertiary/aromatic N) is 2. The van der Waals surface area contributed by atoms with Crippen molar-refractivity contribution in [1.82, 2.24) is 10.2 Å². The van der Waals surface area contributed by atoms with E-state index in [0.29, 0.717) is 17.7 Å². The first kappa shape index (κ1) is 13.6. The monoisotopic (exact) mass is 278 g/mol. The molecule has 0 saturated carbocycles. The standard InChI is InChI=1S/C13H14N2O3S/c1-3-17-12(16)11(10-7-5-4-6-8-10)19-13-15-14-9(2)18-13/h4-8,11H,3H2,1-2H3. The van der Waals surface area contributed by atoms with Crippen LogP contribution in [0.3, 0.4) is 0 Å². The minimum Gasteiger partial charge on any atom is -0.465 e. The molecule has 6 heteroatoms. The second-order valence-electron chi connectivity index (χ2n) is 3.75. The fraction of sp³-hybridized carbons (Fsp3) is 0.308. The van der Waals surface area contributed by atoms with Crippen LogP contribution in [-0.4, -0.2) is 22.8 Å². The SMILES string of the molecule is CCOC(=O)C(Sc1nnc(C)o1)c1ccccc1. The molecule has 19 heavy (non-hydrogen) atoms. The number of rotatable bonds is 5. The lowest BCUT2D eigenvalue weighted by molar-refractivity contribution is -0.142. The van der Waals surface area contributed by atoms with Crippen LogP contribution in [0.5, 0.6) is 0 Å². The molecule has 0 aliphatic carbocycles. The predicted octanol–water partition coefficient (Wildman–Crippen LogP) is 2.77. The van der Waals surface area contributed by atoms with E-state index >= 15 is 0 Å². The minimum absolute atomic E-state index is 0.311. The van der Waals surface area contributed by atoms with Crippen LogP contribution in [0.15, 0.2) is 40.0 Å². The van der Waals surface area contributed by atoms with Gasteiger partial charge >= 0.3 is 5.97 Å². The Labute approximate surface area is 115 Å². The maximum absolute atomic E-state index is 12.0. The van der Waals surface area contributed by atoms with Gasteiger partial charge in [-0.3, -0.25) is 4.79 Å². The summed E-state index contributed by atoms with van der Waals surface area (Å²) in [5.74, 6) is 0.160. The lowest BCUT2D eigenvalue weighted by Crippen LogP contribution is -2.13. The molecule has 1 unspecified atom stereocenters. The van der Waals surface area contributed by atoms with Gasteiger partial charge in [-0.05, 0) is 24.2 Å². The van der Waals surface area contributed by atoms with Gasteiger partial charge in [0.1, 0.15) is 5.25 Å². The number of hydrogen-bond acceptors (Lipinski definition) is 6. The first-order valence-electron chi connectivity index (χ1n) is 5.89. The Morgan fingerprint density at radius 2 is 2.11 bits per heavy atom. The van der Waals surface area contributed by atoms with E-state index in [2.05, 4.69) is 10.2 Å². The first-order valence-corrected chi connectivity index (χ1v) is 6.77. The van der Waals surface area contributed by atoms with Gasteiger partial charge in [0, 0.05) is 6.92 Å². The van der Waals surface area contributed by atoms with Gasteiger partial charge in [0.05, 0.1) is 6.61 Å². The number of aryl methyl sites for hydroxylation is 1. The lowest BCUT2D eigenvalue weighted by Gasteiger charge is -2.13. The van der Waals surface area contributed by atoms with Gasteiger partial charge in [-0.2, -0.15) is 0 Å². The van der Waals surface area contributed by atoms with E-state index in [1.165, 1.54) is 11.8 Å². The maximum Gasteiger partial charge on any atom is 0.324 e. The first-order chi connectivity index (χ1) is 9.20. The summed E-state index contributed by atoms with van der Waals surface area (Å²) in [4.78, 5) is 12.0. The molecule has 0 bridgehead atoms. The molecule has 0 spiro atoms. The number of carbonyl (C=O) groups is 1. The van der Waals surface area contributed by atoms with Gasteiger partial charge < -0.3 is 9.15 Å². The number of ether oxygens (including phenoxy) is 1. The van der Waals surface area contributed by atoms with E-state index in [1.54, 1.807) is 13.8 Å². The van der Waals surface area contributed by atoms with Crippen molar-refractivity contribution in [2.45, 2.75) is 24.3 Å². The Kier molecular flexibility index (Phi) is 4.57. The summed E-state index contributed by atoms with van der Waals surface area (Å²) < 4.78 is 10.4. The highest BCUT2D eigenvalue weighted by Crippen LogP contribution is 2.35. The van der Waals surface area contributed by atoms with E-state index in [1.807, 2.05) is 30.3 Å². The van der Waals surface area contributed by atoms with Crippen LogP contribution in [-0.2, 0) is 9.53 Å². The normalized spacial score (nSPS) is 12.1. The zero-order chi connectivity index (χ0) is 13.7. The number of hydrogen-bond donors (Lipinski definition) is 0. The predicted molar refractivity (Wildman–Crippen MR) is 70.7 cm³/mol. The summed E-state index contributed by atoms with van der Waals surface area (Å²) in [6.45, 7) is 3.83. The van der Waals surface area contributed by atoms with Crippen molar-refractivity contribution < 1.29 is 13.9 Å². The summed E-state index contributed by atoms with van der Waals surface area (Å²) >= 11 is 1.20. The number of esters is 1. The van der Waals surface area contributed by atoms with Crippen molar-refractivity contribution in [2.24, 2.45) is 0 Å². The van der Waals surface area contributed by atoms with Crippen LogP contribution in [0.1, 0.15) is 23.6 Å². The highest BCUT2D eigenvalue weighted by molar-refractivity contribution is 8.00. The van der Waals surface area contributed by atoms with Gasteiger partial charge in [0.25, 0.3) is 5.22 Å². The quantitative estimate of drug-likeness (QED) is 0.619. The highest BCUT2D eigenvalue weighted by atomic mass is 32.2. The second kappa shape index (κ2) is 6.38. The van der Waals surface area contributed by atoms with Crippen LogP contribution >= 0.6 is 11.8 Å². The van der Waals surface area contributed by atoms with Crippen molar-refractivity contribution in [3.63, 3.8) is 0 Å². The average Bonchev–Trinajstić information content (AvgIpc) is 2.83. The van der Waals surface area contributed by atoms with Crippen molar-refractivity contribution in [2.75, 3.05) is 6.61 Å². The summed E-state index contributed by atoms with van der Waals surface area (Å²) in [6.07, 6.45) is 0. The summed E-state index contributed by atoms with van der Waals surface area (Å²) in [5, 5.41) is 7.50. The zero-order valence-electron chi connectivity index (χ0n) is 10.7. The largest absolute Gasteiger partial charge is 0.465 e. The molecule has 1 aromatic heterocycles. The van der Waals surface area contributed by atoms with E-state index in [4.69, 9.17) is 9.15 Å². The van der Waals surface area contributed by atoms with Crippen LogP contribution in [0, 0.1) is 6.92 Å². The molecule has 2 aromatic rings. The molecular formula is C13H14N2O3S. The number of thioether (sulfide) groups is 1. The summed E-state index contributed by atoms with van der Waals surface area (Å²) in [7, 11) is 0. The fourth-order valence-electron chi connectivity index (χ4n) is 1.52. The Hall–Kier alpha value is -1.82. The zero-order valence-corrected chi connectivity index (χ0v) is 11.5. The van der Waals surface area contributed by atoms with Gasteiger partial charge in [-0.25, -0.2) is 0 Å². The molecule has 0 N–H and O–H groups in total. The molecule has 0 fully saturated rings. The Morgan fingerprint density at radius 3 is 2.68 bits per heavy atom. The molecule has 0 aliphatic heterocycles. The van der Waals surface area contributed by atoms with E-state index in [-0.39, 0.29) is 5.97 Å². The molecule has 0 amide bonds. The molecule has 1 atom stereocenters. The van der Waals surface area contributed by atoms with E-state index < -0.39 is 5.25 Å². The number of benzene rings is 1. The van der Waals surface area contributed by atoms with Crippen molar-refractivity contribution in [3.8, 4) is 0 Å². The fourth-order valence-corrected chi connectivity index (χ4v) is 2.44. The molecule has 0 radical (unpaired) electrons. The molecule has 100 valence electrons. The smallest absolute Gasteiger partial charge is 0.324 e. The molecular weight excluding hydrogens is 264 g/mol. The second-order valence-corrected chi connectivity index (χ2v) is 4.80. The molecule has 5 nitrogen and oxygen atoms in total. The van der Waals surface area contributed by atoms with Crippen LogP contribution in [0.2, 0.25) is 0 Å². The van der Waals surface area contributed by atoms with Gasteiger partial charge in [-0.1, -0.05) is 30.3 Å². The molecule has 0 aliphatic rings. The van der Waals surface area contributed by atoms with Crippen molar-refractivity contribution >= 4 is 17.7 Å². The topological polar surface area (TPSA) is 65.2 Å². The van der Waals surface area contributed by atoms with Gasteiger partial charge in [0.15, 0.2) is 0 Å². The number of aromatic nitrogens is 2. The Morgan fingerprint density at radius 1 is 1.37 bits per heavy atom. The molecule has 1 aromatic carbocycles. The third kappa shape index (κ3) is 3.57. The van der Waals surface area contributed by atoms with E-state index in [9.17, 15) is 4.79 Å². The maximum atomic E-state index is 12.0. The average molecular weight is 278 g/mol. The molecule has 0 saturated heterocycles. The van der Waals surface area contributed by atoms with Crippen LogP contribution < -0.4 is 0 Å². The summed E-state index contributed by atoms with van der Waals surface area (Å²) in [6, 6.07) is 9.39. The third-order valence-corrected chi connectivity index (χ3v) is 3.40. The van der Waals surface area contributed by atoms with Gasteiger partial charge in [-0.15, -0.1) is 10.2 Å². The molecule has 2 rings (SSSR count). The van der Waals surface area contributed by atoms with Crippen molar-refractivity contribution in [1.29, 1.82) is 0 Å². The number of carbonyl (C=O) groups excluding carboxylic acids is 1. The summed E-state index contributed by atoms with van der Waals surface area (Å²) in [5.41, 5.74) is 0.849. The van der Waals surface area contributed by atoms with E-state index in [0.717, 1.165) is 5.56 Å². The van der Waals surface area contributed by atoms with Gasteiger partial charge in [0.2, 0.25) is 5.89 Å². The Balaban J connectivity index is 2.22. The minimum atomic E-state index is -0.499. The highest BCUT2D eigenvalue weighted by Gasteiger charge is 2.25. The Bertz CT molecular complexity index is 542. The third-order valence-electron chi connectivity index (χ3n) is 2.33.